The maximum absolute atomic E-state index is 13.8. The summed E-state index contributed by atoms with van der Waals surface area (Å²) in [6.45, 7) is 31.1. The molecule has 0 fully saturated rings. The van der Waals surface area contributed by atoms with Gasteiger partial charge in [0.1, 0.15) is 17.0 Å². The smallest absolute Gasteiger partial charge is 0.309 e. The topological polar surface area (TPSA) is 102 Å². The molecule has 6 heteroatoms. The molecule has 0 saturated heterocycles. The number of ketones is 1. The summed E-state index contributed by atoms with van der Waals surface area (Å²) in [5, 5.41) is 9.63. The van der Waals surface area contributed by atoms with Crippen molar-refractivity contribution in [3.8, 4) is 0 Å². The van der Waals surface area contributed by atoms with E-state index in [0.29, 0.717) is 18.4 Å². The van der Waals surface area contributed by atoms with Crippen molar-refractivity contribution in [3.05, 3.63) is 94.3 Å². The fraction of sp³-hybridized carbons (Fsp3) is 0.500. The van der Waals surface area contributed by atoms with Gasteiger partial charge < -0.3 is 15.6 Å². The number of carboxylic acids is 1. The van der Waals surface area contributed by atoms with Crippen molar-refractivity contribution in [2.45, 2.75) is 115 Å². The Morgan fingerprint density at radius 2 is 1.57 bits per heavy atom. The van der Waals surface area contributed by atoms with Crippen LogP contribution < -0.4 is 5.73 Å². The van der Waals surface area contributed by atoms with Gasteiger partial charge in [-0.05, 0) is 97.8 Å². The van der Waals surface area contributed by atoms with Crippen molar-refractivity contribution in [1.29, 1.82) is 0 Å². The number of Topliss-reactive ketones (excluding diaryl/α,β-unsaturated/α-hetero) is 1. The molecule has 6 nitrogen and oxygen atoms in total. The molecule has 244 valence electrons. The molecule has 0 aromatic rings. The van der Waals surface area contributed by atoms with Gasteiger partial charge in [-0.1, -0.05) is 76.3 Å². The van der Waals surface area contributed by atoms with Crippen molar-refractivity contribution >= 4 is 17.5 Å². The fourth-order valence-electron chi connectivity index (χ4n) is 5.13. The van der Waals surface area contributed by atoms with Gasteiger partial charge in [-0.25, -0.2) is 4.99 Å². The lowest BCUT2D eigenvalue weighted by Crippen LogP contribution is -2.35. The van der Waals surface area contributed by atoms with Crippen LogP contribution in [0, 0.1) is 10.8 Å². The average Bonchev–Trinajstić information content (AvgIpc) is 2.95. The Labute approximate surface area is 267 Å². The number of aliphatic imine (C=N–C) groups is 1. The first-order valence-corrected chi connectivity index (χ1v) is 15.6. The highest BCUT2D eigenvalue weighted by molar-refractivity contribution is 6.04. The number of carbonyl (C=O) groups is 2. The molecule has 0 radical (unpaired) electrons. The van der Waals surface area contributed by atoms with Gasteiger partial charge in [0.2, 0.25) is 0 Å². The minimum absolute atomic E-state index is 0.117. The van der Waals surface area contributed by atoms with E-state index >= 15 is 0 Å². The van der Waals surface area contributed by atoms with Gasteiger partial charge in [-0.2, -0.15) is 0 Å². The van der Waals surface area contributed by atoms with Gasteiger partial charge in [0, 0.05) is 23.3 Å². The van der Waals surface area contributed by atoms with Crippen LogP contribution in [-0.2, 0) is 14.3 Å². The van der Waals surface area contributed by atoms with Crippen molar-refractivity contribution < 1.29 is 19.4 Å². The van der Waals surface area contributed by atoms with Crippen LogP contribution in [0.2, 0.25) is 0 Å². The Morgan fingerprint density at radius 1 is 0.977 bits per heavy atom. The second-order valence-corrected chi connectivity index (χ2v) is 12.2. The first kappa shape index (κ1) is 40.3. The third kappa shape index (κ3) is 10.5. The van der Waals surface area contributed by atoms with Crippen LogP contribution in [0.4, 0.5) is 0 Å². The molecule has 0 aromatic heterocycles. The number of allylic oxidation sites excluding steroid dienone is 11. The molecule has 0 amide bonds. The maximum atomic E-state index is 13.8. The molecule has 3 N–H and O–H groups in total. The van der Waals surface area contributed by atoms with Crippen molar-refractivity contribution in [2.24, 2.45) is 21.6 Å². The molecule has 0 heterocycles. The number of ether oxygens (including phenoxy) is 1. The number of nitrogens with zero attached hydrogens (tertiary/aromatic N) is 1. The van der Waals surface area contributed by atoms with E-state index in [9.17, 15) is 14.7 Å². The van der Waals surface area contributed by atoms with E-state index in [0.717, 1.165) is 46.4 Å². The monoisotopic (exact) mass is 606 g/mol. The van der Waals surface area contributed by atoms with Gasteiger partial charge in [0.15, 0.2) is 5.78 Å². The third-order valence-electron chi connectivity index (χ3n) is 7.98. The van der Waals surface area contributed by atoms with E-state index in [4.69, 9.17) is 15.5 Å². The van der Waals surface area contributed by atoms with Gasteiger partial charge in [-0.3, -0.25) is 9.59 Å². The van der Waals surface area contributed by atoms with Crippen LogP contribution in [0.1, 0.15) is 115 Å². The van der Waals surface area contributed by atoms with Crippen LogP contribution in [-0.4, -0.2) is 22.6 Å². The lowest BCUT2D eigenvalue weighted by atomic mass is 9.72. The Hall–Kier alpha value is -3.67. The predicted molar refractivity (Wildman–Crippen MR) is 187 cm³/mol. The normalized spacial score (nSPS) is 15.7. The highest BCUT2D eigenvalue weighted by Gasteiger charge is 2.43. The van der Waals surface area contributed by atoms with Gasteiger partial charge in [-0.15, -0.1) is 0 Å². The minimum atomic E-state index is -1.32. The molecular weight excluding hydrogens is 548 g/mol. The molecular formula is C38H58N2O4. The fourth-order valence-corrected chi connectivity index (χ4v) is 5.13. The third-order valence-corrected chi connectivity index (χ3v) is 7.98. The average molecular weight is 607 g/mol. The lowest BCUT2D eigenvalue weighted by Gasteiger charge is -2.33. The highest BCUT2D eigenvalue weighted by atomic mass is 16.5. The zero-order valence-corrected chi connectivity index (χ0v) is 29.5. The Morgan fingerprint density at radius 3 is 2.00 bits per heavy atom. The van der Waals surface area contributed by atoms with Crippen molar-refractivity contribution in [3.63, 3.8) is 0 Å². The van der Waals surface area contributed by atoms with E-state index in [-0.39, 0.29) is 23.8 Å². The Balaban J connectivity index is 7.52. The van der Waals surface area contributed by atoms with E-state index in [1.807, 2.05) is 59.8 Å². The Kier molecular flexibility index (Phi) is 16.7. The number of carboxylic acid groups (broad SMARTS) is 1. The number of carbonyl (C=O) groups excluding carboxylic acids is 1. The molecule has 0 aromatic carbocycles. The molecule has 0 aliphatic rings. The number of aliphatic carboxylic acids is 1. The number of nitrogens with two attached hydrogens (primary N) is 1. The van der Waals surface area contributed by atoms with Crippen LogP contribution in [0.5, 0.6) is 0 Å². The maximum Gasteiger partial charge on any atom is 0.309 e. The number of rotatable bonds is 18. The zero-order valence-electron chi connectivity index (χ0n) is 29.5. The van der Waals surface area contributed by atoms with Crippen LogP contribution in [0.3, 0.4) is 0 Å². The highest BCUT2D eigenvalue weighted by Crippen LogP contribution is 2.43. The first-order valence-electron chi connectivity index (χ1n) is 15.6. The largest absolute Gasteiger partial charge is 0.481 e. The van der Waals surface area contributed by atoms with Gasteiger partial charge >= 0.3 is 5.97 Å². The lowest BCUT2D eigenvalue weighted by molar-refractivity contribution is -0.146. The molecule has 0 bridgehead atoms. The molecule has 44 heavy (non-hydrogen) atoms. The first-order chi connectivity index (χ1) is 20.4. The van der Waals surface area contributed by atoms with E-state index in [1.54, 1.807) is 33.8 Å². The standard InChI is InChI=1S/C38H58N2O4/c1-15-20-22-31(26(8)17-3)33(25(6)7)28(10)40-35(39)34(27(9)21-16-2)38(14,32(41)19-5)29(11)44-24-30(18-4)23-37(12,13)36(42)43/h15,20-22,24H,1,11,16-19,23,39H2,2-10,12-14H3,(H,42,43)/b22-20-,27-21+,30-24+,31-26-,35-34+,40-28+. The molecule has 0 rings (SSSR count). The van der Waals surface area contributed by atoms with Crippen molar-refractivity contribution in [1.82, 2.24) is 0 Å². The van der Waals surface area contributed by atoms with Crippen molar-refractivity contribution in [2.75, 3.05) is 0 Å². The summed E-state index contributed by atoms with van der Waals surface area (Å²) < 4.78 is 6.12. The van der Waals surface area contributed by atoms with Gasteiger partial charge in [0.25, 0.3) is 0 Å². The second-order valence-electron chi connectivity index (χ2n) is 12.2. The molecule has 0 aliphatic carbocycles. The summed E-state index contributed by atoms with van der Waals surface area (Å²) in [6, 6.07) is 0. The van der Waals surface area contributed by atoms with E-state index in [2.05, 4.69) is 27.0 Å². The van der Waals surface area contributed by atoms with E-state index in [1.165, 1.54) is 11.8 Å². The summed E-state index contributed by atoms with van der Waals surface area (Å²) in [5.41, 5.74) is 11.8. The van der Waals surface area contributed by atoms with Crippen LogP contribution in [0.15, 0.2) is 99.3 Å². The molecule has 1 unspecified atom stereocenters. The SMILES string of the molecule is C=C/C=C\C(C(=C(C)C)/C(C)=N/C(N)=C(\C(C)=C\CC)C(C)(C(=C)O/C=C(\CC)CC(C)(C)C(=O)O)C(=O)CC)=C(/C)CC. The van der Waals surface area contributed by atoms with Gasteiger partial charge in [0.05, 0.1) is 11.7 Å². The van der Waals surface area contributed by atoms with Crippen LogP contribution >= 0.6 is 0 Å². The molecule has 1 atom stereocenters. The summed E-state index contributed by atoms with van der Waals surface area (Å²) in [4.78, 5) is 30.5. The Bertz CT molecular complexity index is 1310. The predicted octanol–water partition coefficient (Wildman–Crippen LogP) is 10.1. The quantitative estimate of drug-likeness (QED) is 0.0918. The number of hydrogen-bond acceptors (Lipinski definition) is 5. The molecule has 0 saturated carbocycles. The van der Waals surface area contributed by atoms with Crippen LogP contribution in [0.25, 0.3) is 0 Å². The summed E-state index contributed by atoms with van der Waals surface area (Å²) >= 11 is 0. The summed E-state index contributed by atoms with van der Waals surface area (Å²) in [7, 11) is 0. The number of hydrogen-bond donors (Lipinski definition) is 2. The summed E-state index contributed by atoms with van der Waals surface area (Å²) in [6.07, 6.45) is 12.0. The minimum Gasteiger partial charge on any atom is -0.481 e. The molecule has 0 spiro atoms. The summed E-state index contributed by atoms with van der Waals surface area (Å²) in [5.74, 6) is -0.591. The molecule has 0 aliphatic heterocycles. The van der Waals surface area contributed by atoms with E-state index < -0.39 is 16.8 Å². The second kappa shape index (κ2) is 18.2. The zero-order chi connectivity index (χ0) is 34.4.